The van der Waals surface area contributed by atoms with Crippen molar-refractivity contribution in [3.63, 3.8) is 0 Å². The molecule has 54 valence electrons. The zero-order valence-corrected chi connectivity index (χ0v) is 5.47. The smallest absolute Gasteiger partial charge is 0.364 e. The molecule has 0 bridgehead atoms. The minimum atomic E-state index is -0.811. The standard InChI is InChI=1S/C4H3ClFN3O/c5-9-1-2(6)3(7)8-4(9)10/h1H,(H2,7,8,10). The van der Waals surface area contributed by atoms with Crippen molar-refractivity contribution < 1.29 is 4.39 Å². The molecule has 1 rings (SSSR count). The van der Waals surface area contributed by atoms with Crippen LogP contribution in [-0.2, 0) is 0 Å². The fourth-order valence-electron chi connectivity index (χ4n) is 0.425. The highest BCUT2D eigenvalue weighted by molar-refractivity contribution is 6.15. The lowest BCUT2D eigenvalue weighted by Gasteiger charge is -1.94. The summed E-state index contributed by atoms with van der Waals surface area (Å²) in [5.74, 6) is -1.25. The van der Waals surface area contributed by atoms with Gasteiger partial charge in [0.15, 0.2) is 11.6 Å². The number of rotatable bonds is 0. The first-order valence-electron chi connectivity index (χ1n) is 2.32. The number of nitrogens with zero attached hydrogens (tertiary/aromatic N) is 2. The summed E-state index contributed by atoms with van der Waals surface area (Å²) in [7, 11) is 0. The molecule has 0 unspecified atom stereocenters. The molecule has 0 aliphatic carbocycles. The summed E-state index contributed by atoms with van der Waals surface area (Å²) < 4.78 is 12.8. The third-order valence-electron chi connectivity index (χ3n) is 0.870. The van der Waals surface area contributed by atoms with E-state index in [1.165, 1.54) is 0 Å². The van der Waals surface area contributed by atoms with E-state index in [-0.39, 0.29) is 0 Å². The quantitative estimate of drug-likeness (QED) is 0.584. The van der Waals surface area contributed by atoms with Crippen LogP contribution in [0.5, 0.6) is 0 Å². The van der Waals surface area contributed by atoms with Crippen molar-refractivity contribution in [1.29, 1.82) is 0 Å². The zero-order valence-electron chi connectivity index (χ0n) is 4.71. The lowest BCUT2D eigenvalue weighted by molar-refractivity contribution is 0.613. The van der Waals surface area contributed by atoms with Crippen LogP contribution in [-0.4, -0.2) is 9.07 Å². The van der Waals surface area contributed by atoms with Gasteiger partial charge in [0.05, 0.1) is 6.20 Å². The van der Waals surface area contributed by atoms with Crippen molar-refractivity contribution in [1.82, 2.24) is 9.07 Å². The topological polar surface area (TPSA) is 60.9 Å². The van der Waals surface area contributed by atoms with Gasteiger partial charge in [-0.2, -0.15) is 4.98 Å². The second-order valence-corrected chi connectivity index (χ2v) is 1.93. The Hall–Kier alpha value is -1.10. The highest BCUT2D eigenvalue weighted by Crippen LogP contribution is 2.00. The first-order chi connectivity index (χ1) is 4.61. The van der Waals surface area contributed by atoms with Gasteiger partial charge in [-0.05, 0) is 0 Å². The van der Waals surface area contributed by atoms with Gasteiger partial charge in [-0.25, -0.2) is 13.3 Å². The lowest BCUT2D eigenvalue weighted by Crippen LogP contribution is -2.18. The molecule has 0 aliphatic heterocycles. The molecule has 0 saturated heterocycles. The van der Waals surface area contributed by atoms with Crippen LogP contribution in [0.25, 0.3) is 0 Å². The molecule has 10 heavy (non-hydrogen) atoms. The van der Waals surface area contributed by atoms with E-state index in [0.29, 0.717) is 4.09 Å². The van der Waals surface area contributed by atoms with Crippen molar-refractivity contribution in [2.75, 3.05) is 5.73 Å². The number of hydrogen-bond donors (Lipinski definition) is 1. The van der Waals surface area contributed by atoms with Crippen LogP contribution < -0.4 is 11.4 Å². The fraction of sp³-hybridized carbons (Fsp3) is 0. The largest absolute Gasteiger partial charge is 0.381 e. The number of nitrogen functional groups attached to an aromatic ring is 1. The number of hydrogen-bond acceptors (Lipinski definition) is 3. The zero-order chi connectivity index (χ0) is 7.72. The number of nitrogens with two attached hydrogens (primary N) is 1. The van der Waals surface area contributed by atoms with Crippen LogP contribution in [0.15, 0.2) is 11.0 Å². The summed E-state index contributed by atoms with van der Waals surface area (Å²) >= 11 is 5.13. The Labute approximate surface area is 60.2 Å². The Kier molecular flexibility index (Phi) is 1.58. The van der Waals surface area contributed by atoms with Crippen molar-refractivity contribution in [2.24, 2.45) is 0 Å². The van der Waals surface area contributed by atoms with Gasteiger partial charge in [-0.15, -0.1) is 0 Å². The van der Waals surface area contributed by atoms with Crippen molar-refractivity contribution >= 4 is 17.6 Å². The molecular weight excluding hydrogens is 161 g/mol. The molecule has 0 amide bonds. The molecule has 0 aromatic carbocycles. The summed E-state index contributed by atoms with van der Waals surface area (Å²) in [6.45, 7) is 0. The Bertz CT molecular complexity index is 310. The Morgan fingerprint density at radius 2 is 2.40 bits per heavy atom. The summed E-state index contributed by atoms with van der Waals surface area (Å²) in [6, 6.07) is 0. The fourth-order valence-corrected chi connectivity index (χ4v) is 0.549. The molecule has 4 nitrogen and oxygen atoms in total. The Balaban J connectivity index is 3.43. The maximum atomic E-state index is 12.3. The van der Waals surface area contributed by atoms with Gasteiger partial charge in [0.2, 0.25) is 0 Å². The van der Waals surface area contributed by atoms with Crippen molar-refractivity contribution in [3.8, 4) is 0 Å². The van der Waals surface area contributed by atoms with Crippen LogP contribution in [0.3, 0.4) is 0 Å². The summed E-state index contributed by atoms with van der Waals surface area (Å²) in [5.41, 5.74) is 4.14. The van der Waals surface area contributed by atoms with E-state index >= 15 is 0 Å². The summed E-state index contributed by atoms with van der Waals surface area (Å²) in [6.07, 6.45) is 0.756. The average Bonchev–Trinajstić information content (AvgIpc) is 1.84. The third kappa shape index (κ3) is 1.08. The predicted molar refractivity (Wildman–Crippen MR) is 34.1 cm³/mol. The highest BCUT2D eigenvalue weighted by Gasteiger charge is 2.01. The molecule has 0 saturated carbocycles. The molecule has 1 aromatic heterocycles. The summed E-state index contributed by atoms with van der Waals surface area (Å²) in [4.78, 5) is 13.5. The second-order valence-electron chi connectivity index (χ2n) is 1.57. The van der Waals surface area contributed by atoms with E-state index < -0.39 is 17.3 Å². The van der Waals surface area contributed by atoms with E-state index in [4.69, 9.17) is 17.5 Å². The molecule has 6 heteroatoms. The van der Waals surface area contributed by atoms with Crippen LogP contribution >= 0.6 is 11.8 Å². The minimum Gasteiger partial charge on any atom is -0.381 e. The minimum absolute atomic E-state index is 0.443. The van der Waals surface area contributed by atoms with Crippen LogP contribution in [0.1, 0.15) is 0 Å². The monoisotopic (exact) mass is 163 g/mol. The van der Waals surface area contributed by atoms with E-state index in [1.807, 2.05) is 0 Å². The van der Waals surface area contributed by atoms with Crippen molar-refractivity contribution in [2.45, 2.75) is 0 Å². The second kappa shape index (κ2) is 2.26. The van der Waals surface area contributed by atoms with Crippen LogP contribution in [0.2, 0.25) is 0 Å². The first kappa shape index (κ1) is 7.01. The van der Waals surface area contributed by atoms with Crippen molar-refractivity contribution in [3.05, 3.63) is 22.5 Å². The van der Waals surface area contributed by atoms with Gasteiger partial charge < -0.3 is 5.73 Å². The van der Waals surface area contributed by atoms with Crippen LogP contribution in [0, 0.1) is 5.82 Å². The van der Waals surface area contributed by atoms with Gasteiger partial charge in [0.25, 0.3) is 0 Å². The van der Waals surface area contributed by atoms with Gasteiger partial charge in [-0.3, -0.25) is 0 Å². The van der Waals surface area contributed by atoms with Gasteiger partial charge in [0, 0.05) is 11.8 Å². The van der Waals surface area contributed by atoms with Gasteiger partial charge >= 0.3 is 5.69 Å². The molecule has 0 radical (unpaired) electrons. The Morgan fingerprint density at radius 1 is 1.80 bits per heavy atom. The normalized spacial score (nSPS) is 9.80. The number of anilines is 1. The molecule has 0 aliphatic rings. The predicted octanol–water partition coefficient (Wildman–Crippen LogP) is -0.0335. The molecule has 0 fully saturated rings. The first-order valence-corrected chi connectivity index (χ1v) is 2.66. The molecule has 1 aromatic rings. The molecule has 0 spiro atoms. The van der Waals surface area contributed by atoms with Crippen LogP contribution in [0.4, 0.5) is 10.2 Å². The number of aromatic nitrogens is 2. The lowest BCUT2D eigenvalue weighted by atomic mass is 10.6. The van der Waals surface area contributed by atoms with E-state index in [0.717, 1.165) is 6.20 Å². The molecule has 2 N–H and O–H groups in total. The highest BCUT2D eigenvalue weighted by atomic mass is 35.5. The summed E-state index contributed by atoms with van der Waals surface area (Å²) in [5, 5.41) is 0. The maximum Gasteiger partial charge on any atom is 0.364 e. The maximum absolute atomic E-state index is 12.3. The van der Waals surface area contributed by atoms with Gasteiger partial charge in [-0.1, -0.05) is 0 Å². The van der Waals surface area contributed by atoms with Gasteiger partial charge in [0.1, 0.15) is 0 Å². The average molecular weight is 164 g/mol. The van der Waals surface area contributed by atoms with E-state index in [2.05, 4.69) is 4.98 Å². The SMILES string of the molecule is Nc1nc(=O)n(Cl)cc1F. The van der Waals surface area contributed by atoms with E-state index in [1.54, 1.807) is 0 Å². The molecular formula is C4H3ClFN3O. The Morgan fingerprint density at radius 3 is 2.90 bits per heavy atom. The van der Waals surface area contributed by atoms with E-state index in [9.17, 15) is 9.18 Å². The molecule has 0 atom stereocenters. The third-order valence-corrected chi connectivity index (χ3v) is 1.11. The molecule has 1 heterocycles. The number of halogens is 2.